The molecule has 3 heteroatoms. The van der Waals surface area contributed by atoms with E-state index in [0.29, 0.717) is 13.0 Å². The largest absolute Gasteiger partial charge is 0.388 e. The summed E-state index contributed by atoms with van der Waals surface area (Å²) in [6, 6.07) is 4.03. The molecule has 0 spiro atoms. The summed E-state index contributed by atoms with van der Waals surface area (Å²) in [6.45, 7) is 3.58. The predicted octanol–water partition coefficient (Wildman–Crippen LogP) is 0.657. The molecule has 1 aromatic heterocycles. The fourth-order valence-electron chi connectivity index (χ4n) is 1.86. The summed E-state index contributed by atoms with van der Waals surface area (Å²) in [5.74, 6) is 0. The van der Waals surface area contributed by atoms with Crippen molar-refractivity contribution in [2.24, 2.45) is 0 Å². The van der Waals surface area contributed by atoms with Crippen LogP contribution in [0.15, 0.2) is 18.3 Å². The summed E-state index contributed by atoms with van der Waals surface area (Å²) in [5, 5.41) is 13.3. The van der Waals surface area contributed by atoms with Gasteiger partial charge >= 0.3 is 0 Å². The lowest BCUT2D eigenvalue weighted by atomic mass is 9.95. The highest BCUT2D eigenvalue weighted by Gasteiger charge is 2.30. The number of nitrogens with one attached hydrogen (secondary N) is 1. The normalized spacial score (nSPS) is 26.7. The van der Waals surface area contributed by atoms with Crippen LogP contribution in [0.3, 0.4) is 0 Å². The molecule has 0 radical (unpaired) electrons. The van der Waals surface area contributed by atoms with Gasteiger partial charge in [-0.3, -0.25) is 4.98 Å². The third-order valence-corrected chi connectivity index (χ3v) is 2.73. The molecule has 76 valence electrons. The van der Waals surface area contributed by atoms with E-state index in [1.807, 2.05) is 25.3 Å². The van der Waals surface area contributed by atoms with Gasteiger partial charge < -0.3 is 10.4 Å². The maximum atomic E-state index is 10.1. The van der Waals surface area contributed by atoms with Crippen LogP contribution in [-0.2, 0) is 6.42 Å². The monoisotopic (exact) mass is 192 g/mol. The highest BCUT2D eigenvalue weighted by molar-refractivity contribution is 5.16. The molecule has 0 bridgehead atoms. The minimum atomic E-state index is -0.559. The van der Waals surface area contributed by atoms with E-state index in [2.05, 4.69) is 10.3 Å². The van der Waals surface area contributed by atoms with Crippen LogP contribution in [-0.4, -0.2) is 28.8 Å². The van der Waals surface area contributed by atoms with Crippen LogP contribution in [0.5, 0.6) is 0 Å². The third-order valence-electron chi connectivity index (χ3n) is 2.73. The number of hydrogen-bond donors (Lipinski definition) is 2. The molecule has 2 heterocycles. The van der Waals surface area contributed by atoms with Crippen molar-refractivity contribution < 1.29 is 5.11 Å². The second kappa shape index (κ2) is 3.67. The summed E-state index contributed by atoms with van der Waals surface area (Å²) >= 11 is 0. The Labute approximate surface area is 84.2 Å². The maximum absolute atomic E-state index is 10.1. The van der Waals surface area contributed by atoms with Crippen molar-refractivity contribution in [3.63, 3.8) is 0 Å². The molecular weight excluding hydrogens is 176 g/mol. The molecule has 0 saturated carbocycles. The molecule has 1 fully saturated rings. The smallest absolute Gasteiger partial charge is 0.0824 e. The molecule has 1 atom stereocenters. The Morgan fingerprint density at radius 1 is 1.57 bits per heavy atom. The number of aryl methyl sites for hydroxylation is 1. The Hall–Kier alpha value is -0.930. The van der Waals surface area contributed by atoms with Crippen molar-refractivity contribution in [1.29, 1.82) is 0 Å². The van der Waals surface area contributed by atoms with Crippen LogP contribution in [0, 0.1) is 6.92 Å². The third kappa shape index (κ3) is 2.11. The number of β-amino-alcohol motifs (C(OH)–C–C–N with tert-alkyl or cyclic N) is 1. The Morgan fingerprint density at radius 3 is 3.00 bits per heavy atom. The van der Waals surface area contributed by atoms with Gasteiger partial charge in [-0.15, -0.1) is 0 Å². The standard InChI is InChI=1S/C11H16N2O/c1-9-2-3-10(7-13-9)6-11(14)4-5-12-8-11/h2-3,7,12,14H,4-6,8H2,1H3. The molecule has 0 amide bonds. The number of rotatable bonds is 2. The Balaban J connectivity index is 2.06. The van der Waals surface area contributed by atoms with Crippen molar-refractivity contribution in [2.75, 3.05) is 13.1 Å². The molecule has 3 nitrogen and oxygen atoms in total. The molecule has 2 rings (SSSR count). The van der Waals surface area contributed by atoms with E-state index >= 15 is 0 Å². The Morgan fingerprint density at radius 2 is 2.43 bits per heavy atom. The first-order valence-electron chi connectivity index (χ1n) is 5.03. The minimum absolute atomic E-state index is 0.559. The molecule has 1 aliphatic heterocycles. The summed E-state index contributed by atoms with van der Waals surface area (Å²) < 4.78 is 0. The summed E-state index contributed by atoms with van der Waals surface area (Å²) in [7, 11) is 0. The van der Waals surface area contributed by atoms with Crippen molar-refractivity contribution in [2.45, 2.75) is 25.4 Å². The van der Waals surface area contributed by atoms with Gasteiger partial charge in [0.1, 0.15) is 0 Å². The zero-order valence-electron chi connectivity index (χ0n) is 8.45. The second-order valence-electron chi connectivity index (χ2n) is 4.14. The van der Waals surface area contributed by atoms with Gasteiger partial charge in [-0.05, 0) is 31.5 Å². The quantitative estimate of drug-likeness (QED) is 0.723. The van der Waals surface area contributed by atoms with Gasteiger partial charge in [-0.25, -0.2) is 0 Å². The van der Waals surface area contributed by atoms with E-state index in [9.17, 15) is 5.11 Å². The van der Waals surface area contributed by atoms with Gasteiger partial charge in [0, 0.05) is 24.9 Å². The number of nitrogens with zero attached hydrogens (tertiary/aromatic N) is 1. The fraction of sp³-hybridized carbons (Fsp3) is 0.545. The predicted molar refractivity (Wildman–Crippen MR) is 55.1 cm³/mol. The average molecular weight is 192 g/mol. The lowest BCUT2D eigenvalue weighted by Gasteiger charge is -2.20. The zero-order chi connectivity index (χ0) is 10.0. The van der Waals surface area contributed by atoms with Gasteiger partial charge in [0.25, 0.3) is 0 Å². The van der Waals surface area contributed by atoms with Crippen LogP contribution < -0.4 is 5.32 Å². The Kier molecular flexibility index (Phi) is 2.52. The van der Waals surface area contributed by atoms with Gasteiger partial charge in [0.2, 0.25) is 0 Å². The van der Waals surface area contributed by atoms with E-state index in [4.69, 9.17) is 0 Å². The number of pyridine rings is 1. The van der Waals surface area contributed by atoms with Gasteiger partial charge in [0.15, 0.2) is 0 Å². The van der Waals surface area contributed by atoms with Crippen molar-refractivity contribution in [3.05, 3.63) is 29.6 Å². The minimum Gasteiger partial charge on any atom is -0.388 e. The van der Waals surface area contributed by atoms with Gasteiger partial charge in [-0.2, -0.15) is 0 Å². The summed E-state index contributed by atoms with van der Waals surface area (Å²) in [5.41, 5.74) is 1.57. The molecule has 2 N–H and O–H groups in total. The molecule has 1 aromatic rings. The first kappa shape index (κ1) is 9.62. The molecule has 1 aliphatic rings. The zero-order valence-corrected chi connectivity index (χ0v) is 8.45. The van der Waals surface area contributed by atoms with Crippen LogP contribution in [0.1, 0.15) is 17.7 Å². The molecule has 1 unspecified atom stereocenters. The van der Waals surface area contributed by atoms with Gasteiger partial charge in [-0.1, -0.05) is 6.07 Å². The average Bonchev–Trinajstić information content (AvgIpc) is 2.57. The van der Waals surface area contributed by atoms with E-state index in [1.165, 1.54) is 0 Å². The lowest BCUT2D eigenvalue weighted by Crippen LogP contribution is -2.33. The van der Waals surface area contributed by atoms with Crippen LogP contribution in [0.4, 0.5) is 0 Å². The summed E-state index contributed by atoms with van der Waals surface area (Å²) in [6.07, 6.45) is 3.39. The highest BCUT2D eigenvalue weighted by Crippen LogP contribution is 2.19. The van der Waals surface area contributed by atoms with E-state index in [0.717, 1.165) is 24.2 Å². The van der Waals surface area contributed by atoms with E-state index in [1.54, 1.807) is 0 Å². The maximum Gasteiger partial charge on any atom is 0.0824 e. The van der Waals surface area contributed by atoms with Crippen molar-refractivity contribution in [3.8, 4) is 0 Å². The first-order chi connectivity index (χ1) is 6.68. The fourth-order valence-corrected chi connectivity index (χ4v) is 1.86. The molecule has 14 heavy (non-hydrogen) atoms. The van der Waals surface area contributed by atoms with Crippen molar-refractivity contribution >= 4 is 0 Å². The molecular formula is C11H16N2O. The van der Waals surface area contributed by atoms with E-state index in [-0.39, 0.29) is 0 Å². The molecule has 0 aromatic carbocycles. The molecule has 1 saturated heterocycles. The second-order valence-corrected chi connectivity index (χ2v) is 4.14. The highest BCUT2D eigenvalue weighted by atomic mass is 16.3. The molecule has 0 aliphatic carbocycles. The van der Waals surface area contributed by atoms with Gasteiger partial charge in [0.05, 0.1) is 5.60 Å². The number of aromatic nitrogens is 1. The number of hydrogen-bond acceptors (Lipinski definition) is 3. The SMILES string of the molecule is Cc1ccc(CC2(O)CCNC2)cn1. The Bertz CT molecular complexity index is 302. The summed E-state index contributed by atoms with van der Waals surface area (Å²) in [4.78, 5) is 4.22. The van der Waals surface area contributed by atoms with Crippen molar-refractivity contribution in [1.82, 2.24) is 10.3 Å². The van der Waals surface area contributed by atoms with Crippen LogP contribution in [0.25, 0.3) is 0 Å². The topological polar surface area (TPSA) is 45.1 Å². The number of aliphatic hydroxyl groups is 1. The lowest BCUT2D eigenvalue weighted by molar-refractivity contribution is 0.0618. The first-order valence-corrected chi connectivity index (χ1v) is 5.03. The van der Waals surface area contributed by atoms with Crippen LogP contribution >= 0.6 is 0 Å². The van der Waals surface area contributed by atoms with E-state index < -0.39 is 5.60 Å². The van der Waals surface area contributed by atoms with Crippen LogP contribution in [0.2, 0.25) is 0 Å².